The molecule has 0 saturated carbocycles. The van der Waals surface area contributed by atoms with Gasteiger partial charge < -0.3 is 19.9 Å². The number of anilines is 1. The van der Waals surface area contributed by atoms with Gasteiger partial charge in [-0.2, -0.15) is 0 Å². The average Bonchev–Trinajstić information content (AvgIpc) is 2.81. The van der Waals surface area contributed by atoms with E-state index in [1.807, 2.05) is 0 Å². The van der Waals surface area contributed by atoms with Crippen LogP contribution in [0.3, 0.4) is 0 Å². The van der Waals surface area contributed by atoms with Crippen LogP contribution in [-0.2, 0) is 19.6 Å². The second-order valence-corrected chi connectivity index (χ2v) is 6.77. The summed E-state index contributed by atoms with van der Waals surface area (Å²) in [6, 6.07) is 2.53. The van der Waals surface area contributed by atoms with E-state index in [-0.39, 0.29) is 54.1 Å². The van der Waals surface area contributed by atoms with Gasteiger partial charge in [-0.05, 0) is 0 Å². The number of nitrogens with two attached hydrogens (primary N) is 1. The number of ether oxygens (including phenoxy) is 2. The molecule has 3 rings (SSSR count). The number of benzene rings is 1. The monoisotopic (exact) mass is 369 g/mol. The number of primary sulfonamides is 1. The number of fused-ring (bicyclic) bond motifs is 1. The summed E-state index contributed by atoms with van der Waals surface area (Å²) in [6.07, 6.45) is 1.02. The van der Waals surface area contributed by atoms with E-state index in [1.165, 1.54) is 12.1 Å². The predicted molar refractivity (Wildman–Crippen MR) is 84.3 cm³/mol. The Hall–Kier alpha value is -2.63. The van der Waals surface area contributed by atoms with Crippen molar-refractivity contribution >= 4 is 27.5 Å². The molecule has 0 bridgehead atoms. The van der Waals surface area contributed by atoms with Gasteiger partial charge in [0.05, 0.1) is 18.8 Å². The number of rotatable bonds is 5. The van der Waals surface area contributed by atoms with E-state index < -0.39 is 21.8 Å². The van der Waals surface area contributed by atoms with E-state index in [0.717, 1.165) is 11.0 Å². The van der Waals surface area contributed by atoms with E-state index in [1.54, 1.807) is 0 Å². The quantitative estimate of drug-likeness (QED) is 0.546. The first-order valence-corrected chi connectivity index (χ1v) is 8.78. The number of aliphatic hydroxyl groups is 1. The standard InChI is InChI=1S/C14H15N3O7S/c15-25(21,22)12-7-11-10(23-3-4-24-11)5-8(12)16-9-6-13(19)17(1-2-18)14(9)20/h5-7,16,18H,1-4H2,(H2,15,21,22). The maximum Gasteiger partial charge on any atom is 0.277 e. The molecule has 0 fully saturated rings. The molecule has 10 nitrogen and oxygen atoms in total. The van der Waals surface area contributed by atoms with Crippen molar-refractivity contribution in [2.45, 2.75) is 4.90 Å². The number of sulfonamides is 1. The Kier molecular flexibility index (Phi) is 4.37. The van der Waals surface area contributed by atoms with Gasteiger partial charge in [-0.1, -0.05) is 0 Å². The number of nitrogens with one attached hydrogen (secondary N) is 1. The van der Waals surface area contributed by atoms with Crippen molar-refractivity contribution in [3.05, 3.63) is 23.9 Å². The molecule has 11 heteroatoms. The van der Waals surface area contributed by atoms with Crippen LogP contribution in [0.5, 0.6) is 11.5 Å². The molecular weight excluding hydrogens is 354 g/mol. The number of carbonyl (C=O) groups excluding carboxylic acids is 2. The molecule has 0 radical (unpaired) electrons. The number of imide groups is 1. The summed E-state index contributed by atoms with van der Waals surface area (Å²) < 4.78 is 34.4. The summed E-state index contributed by atoms with van der Waals surface area (Å²) in [7, 11) is -4.14. The van der Waals surface area contributed by atoms with Crippen molar-refractivity contribution in [1.82, 2.24) is 4.90 Å². The largest absolute Gasteiger partial charge is 0.486 e. The molecule has 134 valence electrons. The van der Waals surface area contributed by atoms with Gasteiger partial charge in [0.2, 0.25) is 10.0 Å². The first kappa shape index (κ1) is 17.2. The van der Waals surface area contributed by atoms with Crippen molar-refractivity contribution in [3.63, 3.8) is 0 Å². The van der Waals surface area contributed by atoms with Crippen molar-refractivity contribution in [2.24, 2.45) is 5.14 Å². The minimum Gasteiger partial charge on any atom is -0.486 e. The highest BCUT2D eigenvalue weighted by Crippen LogP contribution is 2.38. The molecule has 2 heterocycles. The molecule has 2 aliphatic rings. The highest BCUT2D eigenvalue weighted by molar-refractivity contribution is 7.89. The lowest BCUT2D eigenvalue weighted by Crippen LogP contribution is -2.34. The minimum absolute atomic E-state index is 0.0231. The Morgan fingerprint density at radius 2 is 1.84 bits per heavy atom. The van der Waals surface area contributed by atoms with Crippen LogP contribution in [0.2, 0.25) is 0 Å². The zero-order chi connectivity index (χ0) is 18.2. The first-order valence-electron chi connectivity index (χ1n) is 7.23. The average molecular weight is 369 g/mol. The third-order valence-corrected chi connectivity index (χ3v) is 4.50. The van der Waals surface area contributed by atoms with E-state index in [0.29, 0.717) is 0 Å². The van der Waals surface area contributed by atoms with Gasteiger partial charge in [-0.25, -0.2) is 13.6 Å². The van der Waals surface area contributed by atoms with Crippen LogP contribution in [0.15, 0.2) is 28.8 Å². The van der Waals surface area contributed by atoms with Gasteiger partial charge in [0.15, 0.2) is 11.5 Å². The van der Waals surface area contributed by atoms with Gasteiger partial charge in [0, 0.05) is 18.2 Å². The van der Waals surface area contributed by atoms with Crippen LogP contribution in [0.4, 0.5) is 5.69 Å². The Morgan fingerprint density at radius 3 is 2.44 bits per heavy atom. The van der Waals surface area contributed by atoms with Gasteiger partial charge >= 0.3 is 0 Å². The number of amides is 2. The lowest BCUT2D eigenvalue weighted by atomic mass is 10.2. The summed E-state index contributed by atoms with van der Waals surface area (Å²) in [5.74, 6) is -0.804. The van der Waals surface area contributed by atoms with Crippen LogP contribution in [0, 0.1) is 0 Å². The Labute approximate surface area is 142 Å². The summed E-state index contributed by atoms with van der Waals surface area (Å²) in [5.41, 5.74) is -0.162. The van der Waals surface area contributed by atoms with Crippen LogP contribution in [0.1, 0.15) is 0 Å². The van der Waals surface area contributed by atoms with Crippen molar-refractivity contribution in [3.8, 4) is 11.5 Å². The number of β-amino-alcohol motifs (C(OH)–C–C–N with tert-alkyl or cyclic N) is 1. The predicted octanol–water partition coefficient (Wildman–Crippen LogP) is -1.24. The molecule has 1 aromatic rings. The van der Waals surface area contributed by atoms with E-state index >= 15 is 0 Å². The molecule has 2 amide bonds. The fourth-order valence-electron chi connectivity index (χ4n) is 2.46. The lowest BCUT2D eigenvalue weighted by molar-refractivity contribution is -0.137. The highest BCUT2D eigenvalue weighted by atomic mass is 32.2. The number of aliphatic hydroxyl groups excluding tert-OH is 1. The smallest absolute Gasteiger partial charge is 0.277 e. The van der Waals surface area contributed by atoms with Crippen LogP contribution < -0.4 is 19.9 Å². The SMILES string of the molecule is NS(=O)(=O)c1cc2c(cc1NC1=CC(=O)N(CCO)C1=O)OCCO2. The van der Waals surface area contributed by atoms with Crippen LogP contribution >= 0.6 is 0 Å². The van der Waals surface area contributed by atoms with Crippen LogP contribution in [-0.4, -0.2) is 56.6 Å². The first-order chi connectivity index (χ1) is 11.8. The molecule has 4 N–H and O–H groups in total. The Morgan fingerprint density at radius 1 is 1.20 bits per heavy atom. The molecular formula is C14H15N3O7S. The second-order valence-electron chi connectivity index (χ2n) is 5.24. The maximum atomic E-state index is 12.2. The van der Waals surface area contributed by atoms with E-state index in [2.05, 4.69) is 5.32 Å². The topological polar surface area (TPSA) is 148 Å². The zero-order valence-corrected chi connectivity index (χ0v) is 13.7. The normalized spacial score (nSPS) is 16.9. The minimum atomic E-state index is -4.14. The molecule has 0 aliphatic carbocycles. The Bertz CT molecular complexity index is 879. The summed E-state index contributed by atoms with van der Waals surface area (Å²) in [5, 5.41) is 16.7. The summed E-state index contributed by atoms with van der Waals surface area (Å²) in [6.45, 7) is -0.00275. The number of hydrogen-bond acceptors (Lipinski definition) is 8. The van der Waals surface area contributed by atoms with Gasteiger partial charge in [-0.15, -0.1) is 0 Å². The van der Waals surface area contributed by atoms with Gasteiger partial charge in [0.1, 0.15) is 23.8 Å². The summed E-state index contributed by atoms with van der Waals surface area (Å²) >= 11 is 0. The van der Waals surface area contributed by atoms with Gasteiger partial charge in [-0.3, -0.25) is 14.5 Å². The molecule has 0 aromatic heterocycles. The summed E-state index contributed by atoms with van der Waals surface area (Å²) in [4.78, 5) is 24.5. The molecule has 2 aliphatic heterocycles. The third-order valence-electron chi connectivity index (χ3n) is 3.55. The van der Waals surface area contributed by atoms with Gasteiger partial charge in [0.25, 0.3) is 11.8 Å². The second kappa shape index (κ2) is 6.35. The zero-order valence-electron chi connectivity index (χ0n) is 12.9. The maximum absolute atomic E-state index is 12.2. The molecule has 1 aromatic carbocycles. The fourth-order valence-corrected chi connectivity index (χ4v) is 3.15. The Balaban J connectivity index is 1.98. The molecule has 0 saturated heterocycles. The molecule has 0 unspecified atom stereocenters. The molecule has 25 heavy (non-hydrogen) atoms. The lowest BCUT2D eigenvalue weighted by Gasteiger charge is -2.21. The van der Waals surface area contributed by atoms with Crippen LogP contribution in [0.25, 0.3) is 0 Å². The van der Waals surface area contributed by atoms with Crippen molar-refractivity contribution in [1.29, 1.82) is 0 Å². The molecule has 0 atom stereocenters. The third kappa shape index (κ3) is 3.29. The molecule has 0 spiro atoms. The van der Waals surface area contributed by atoms with E-state index in [4.69, 9.17) is 19.7 Å². The fraction of sp³-hybridized carbons (Fsp3) is 0.286. The number of carbonyl (C=O) groups is 2. The number of hydrogen-bond donors (Lipinski definition) is 3. The van der Waals surface area contributed by atoms with E-state index in [9.17, 15) is 18.0 Å². The van der Waals surface area contributed by atoms with Crippen molar-refractivity contribution in [2.75, 3.05) is 31.7 Å². The highest BCUT2D eigenvalue weighted by Gasteiger charge is 2.32. The van der Waals surface area contributed by atoms with Crippen molar-refractivity contribution < 1.29 is 32.6 Å². The number of nitrogens with zero attached hydrogens (tertiary/aromatic N) is 1.